The Balaban J connectivity index is 1.92. The molecule has 0 aliphatic heterocycles. The zero-order valence-corrected chi connectivity index (χ0v) is 12.0. The number of hydrogen-bond acceptors (Lipinski definition) is 4. The highest BCUT2D eigenvalue weighted by Gasteiger charge is 2.20. The number of carbonyl (C=O) groups excluding carboxylic acids is 2. The summed E-state index contributed by atoms with van der Waals surface area (Å²) >= 11 is 6.00. The van der Waals surface area contributed by atoms with Crippen LogP contribution in [0.4, 0.5) is 5.69 Å². The van der Waals surface area contributed by atoms with E-state index in [2.05, 4.69) is 15.4 Å². The minimum Gasteiger partial charge on any atom is -0.465 e. The Hall–Kier alpha value is -1.59. The van der Waals surface area contributed by atoms with Gasteiger partial charge in [0.2, 0.25) is 5.91 Å². The number of hydrogen-bond donors (Lipinski definition) is 2. The summed E-state index contributed by atoms with van der Waals surface area (Å²) in [5.41, 5.74) is 0.772. The van der Waals surface area contributed by atoms with Crippen LogP contribution < -0.4 is 10.6 Å². The van der Waals surface area contributed by atoms with Crippen molar-refractivity contribution in [2.75, 3.05) is 19.0 Å². The Morgan fingerprint density at radius 2 is 2.15 bits per heavy atom. The normalized spacial score (nSPS) is 13.9. The zero-order chi connectivity index (χ0) is 14.5. The SMILES string of the molecule is COC(=O)c1ccc(Cl)c(NC(=O)CCNC2CC2)c1. The molecule has 0 heterocycles. The maximum atomic E-state index is 11.8. The molecule has 2 N–H and O–H groups in total. The van der Waals surface area contributed by atoms with E-state index in [1.54, 1.807) is 12.1 Å². The van der Waals surface area contributed by atoms with Gasteiger partial charge >= 0.3 is 5.97 Å². The first kappa shape index (κ1) is 14.8. The minimum absolute atomic E-state index is 0.137. The standard InChI is InChI=1S/C14H17ClN2O3/c1-20-14(19)9-2-5-11(15)12(8-9)17-13(18)6-7-16-10-3-4-10/h2,5,8,10,16H,3-4,6-7H2,1H3,(H,17,18). The van der Waals surface area contributed by atoms with Crippen LogP contribution in [0.25, 0.3) is 0 Å². The molecule has 0 atom stereocenters. The van der Waals surface area contributed by atoms with Gasteiger partial charge in [-0.3, -0.25) is 4.79 Å². The molecule has 0 radical (unpaired) electrons. The number of benzene rings is 1. The van der Waals surface area contributed by atoms with E-state index in [9.17, 15) is 9.59 Å². The molecule has 6 heteroatoms. The molecule has 1 saturated carbocycles. The summed E-state index contributed by atoms with van der Waals surface area (Å²) in [7, 11) is 1.30. The van der Waals surface area contributed by atoms with Crippen molar-refractivity contribution in [2.45, 2.75) is 25.3 Å². The molecule has 5 nitrogen and oxygen atoms in total. The molecule has 1 fully saturated rings. The van der Waals surface area contributed by atoms with E-state index in [1.165, 1.54) is 26.0 Å². The third-order valence-corrected chi connectivity index (χ3v) is 3.35. The topological polar surface area (TPSA) is 67.4 Å². The predicted octanol–water partition coefficient (Wildman–Crippen LogP) is 2.21. The van der Waals surface area contributed by atoms with Crippen molar-refractivity contribution in [3.8, 4) is 0 Å². The Labute approximate surface area is 122 Å². The Kier molecular flexibility index (Phi) is 4.98. The van der Waals surface area contributed by atoms with Crippen LogP contribution in [0.15, 0.2) is 18.2 Å². The molecule has 1 aliphatic rings. The number of nitrogens with one attached hydrogen (secondary N) is 2. The predicted molar refractivity (Wildman–Crippen MR) is 77.1 cm³/mol. The number of amides is 1. The fraction of sp³-hybridized carbons (Fsp3) is 0.429. The maximum Gasteiger partial charge on any atom is 0.337 e. The summed E-state index contributed by atoms with van der Waals surface area (Å²) in [6.45, 7) is 0.644. The molecule has 0 saturated heterocycles. The van der Waals surface area contributed by atoms with Crippen LogP contribution in [0.2, 0.25) is 5.02 Å². The second-order valence-corrected chi connectivity index (χ2v) is 5.12. The van der Waals surface area contributed by atoms with E-state index in [-0.39, 0.29) is 5.91 Å². The number of esters is 1. The first-order chi connectivity index (χ1) is 9.60. The van der Waals surface area contributed by atoms with Crippen molar-refractivity contribution in [1.82, 2.24) is 5.32 Å². The highest BCUT2D eigenvalue weighted by molar-refractivity contribution is 6.33. The Morgan fingerprint density at radius 1 is 1.40 bits per heavy atom. The van der Waals surface area contributed by atoms with Crippen molar-refractivity contribution in [3.63, 3.8) is 0 Å². The van der Waals surface area contributed by atoms with Crippen molar-refractivity contribution in [3.05, 3.63) is 28.8 Å². The lowest BCUT2D eigenvalue weighted by molar-refractivity contribution is -0.116. The van der Waals surface area contributed by atoms with Crippen molar-refractivity contribution in [1.29, 1.82) is 0 Å². The average molecular weight is 297 g/mol. The van der Waals surface area contributed by atoms with Crippen LogP contribution in [0.1, 0.15) is 29.6 Å². The lowest BCUT2D eigenvalue weighted by Crippen LogP contribution is -2.23. The zero-order valence-electron chi connectivity index (χ0n) is 11.2. The summed E-state index contributed by atoms with van der Waals surface area (Å²) < 4.78 is 4.63. The highest BCUT2D eigenvalue weighted by atomic mass is 35.5. The molecule has 1 aromatic rings. The van der Waals surface area contributed by atoms with Crippen LogP contribution in [-0.4, -0.2) is 31.6 Å². The summed E-state index contributed by atoms with van der Waals surface area (Å²) in [6, 6.07) is 5.21. The van der Waals surface area contributed by atoms with Crippen LogP contribution >= 0.6 is 11.6 Å². The fourth-order valence-corrected chi connectivity index (χ4v) is 1.92. The number of ether oxygens (including phenoxy) is 1. The Morgan fingerprint density at radius 3 is 2.80 bits per heavy atom. The lowest BCUT2D eigenvalue weighted by atomic mass is 10.2. The second kappa shape index (κ2) is 6.72. The van der Waals surface area contributed by atoms with Crippen molar-refractivity contribution in [2.24, 2.45) is 0 Å². The number of rotatable bonds is 6. The lowest BCUT2D eigenvalue weighted by Gasteiger charge is -2.09. The van der Waals surface area contributed by atoms with Gasteiger partial charge in [0.15, 0.2) is 0 Å². The van der Waals surface area contributed by atoms with Gasteiger partial charge in [-0.05, 0) is 31.0 Å². The number of anilines is 1. The second-order valence-electron chi connectivity index (χ2n) is 4.71. The van der Waals surface area contributed by atoms with Gasteiger partial charge in [0.25, 0.3) is 0 Å². The quantitative estimate of drug-likeness (QED) is 0.790. The van der Waals surface area contributed by atoms with E-state index < -0.39 is 5.97 Å². The van der Waals surface area contributed by atoms with Crippen molar-refractivity contribution < 1.29 is 14.3 Å². The first-order valence-electron chi connectivity index (χ1n) is 6.51. The first-order valence-corrected chi connectivity index (χ1v) is 6.89. The van der Waals surface area contributed by atoms with Gasteiger partial charge in [-0.25, -0.2) is 4.79 Å². The molecule has 1 aliphatic carbocycles. The molecular formula is C14H17ClN2O3. The van der Waals surface area contributed by atoms with E-state index >= 15 is 0 Å². The third kappa shape index (κ3) is 4.21. The monoisotopic (exact) mass is 296 g/mol. The van der Waals surface area contributed by atoms with Gasteiger partial charge in [0.1, 0.15) is 0 Å². The maximum absolute atomic E-state index is 11.8. The molecule has 1 aromatic carbocycles. The molecule has 0 bridgehead atoms. The van der Waals surface area contributed by atoms with Crippen LogP contribution in [-0.2, 0) is 9.53 Å². The molecule has 2 rings (SSSR count). The van der Waals surface area contributed by atoms with Gasteiger partial charge in [-0.1, -0.05) is 11.6 Å². The fourth-order valence-electron chi connectivity index (χ4n) is 1.76. The summed E-state index contributed by atoms with van der Waals surface area (Å²) in [5.74, 6) is -0.602. The average Bonchev–Trinajstić information content (AvgIpc) is 3.24. The van der Waals surface area contributed by atoms with Crippen molar-refractivity contribution >= 4 is 29.2 Å². The van der Waals surface area contributed by atoms with Gasteiger partial charge in [0.05, 0.1) is 23.4 Å². The van der Waals surface area contributed by atoms with Crippen LogP contribution in [0, 0.1) is 0 Å². The van der Waals surface area contributed by atoms with E-state index in [0.717, 1.165) is 0 Å². The summed E-state index contributed by atoms with van der Waals surface area (Å²) in [4.78, 5) is 23.2. The third-order valence-electron chi connectivity index (χ3n) is 3.02. The summed E-state index contributed by atoms with van der Waals surface area (Å²) in [5, 5.41) is 6.35. The van der Waals surface area contributed by atoms with Crippen LogP contribution in [0.3, 0.4) is 0 Å². The number of halogens is 1. The van der Waals surface area contributed by atoms with E-state index in [1.807, 2.05) is 0 Å². The minimum atomic E-state index is -0.465. The van der Waals surface area contributed by atoms with E-state index in [0.29, 0.717) is 35.3 Å². The van der Waals surface area contributed by atoms with Gasteiger partial charge in [-0.15, -0.1) is 0 Å². The molecule has 0 aromatic heterocycles. The molecule has 0 spiro atoms. The largest absolute Gasteiger partial charge is 0.465 e. The Bertz CT molecular complexity index is 515. The van der Waals surface area contributed by atoms with Gasteiger partial charge in [-0.2, -0.15) is 0 Å². The molecule has 1 amide bonds. The molecular weight excluding hydrogens is 280 g/mol. The molecule has 20 heavy (non-hydrogen) atoms. The highest BCUT2D eigenvalue weighted by Crippen LogP contribution is 2.23. The van der Waals surface area contributed by atoms with E-state index in [4.69, 9.17) is 11.6 Å². The number of carbonyl (C=O) groups is 2. The summed E-state index contributed by atoms with van der Waals surface area (Å²) in [6.07, 6.45) is 2.75. The molecule has 108 valence electrons. The van der Waals surface area contributed by atoms with Gasteiger partial charge < -0.3 is 15.4 Å². The molecule has 0 unspecified atom stereocenters. The van der Waals surface area contributed by atoms with Gasteiger partial charge in [0, 0.05) is 19.0 Å². The smallest absolute Gasteiger partial charge is 0.337 e. The van der Waals surface area contributed by atoms with Crippen LogP contribution in [0.5, 0.6) is 0 Å². The number of methoxy groups -OCH3 is 1.